The van der Waals surface area contributed by atoms with E-state index in [0.717, 1.165) is 0 Å². The van der Waals surface area contributed by atoms with E-state index >= 15 is 0 Å². The summed E-state index contributed by atoms with van der Waals surface area (Å²) < 4.78 is 4.96. The summed E-state index contributed by atoms with van der Waals surface area (Å²) in [7, 11) is 1.51. The van der Waals surface area contributed by atoms with Crippen LogP contribution in [0, 0.1) is 0 Å². The minimum Gasteiger partial charge on any atom is -0.496 e. The Balaban J connectivity index is 3.31. The van der Waals surface area contributed by atoms with E-state index in [1.165, 1.54) is 13.2 Å². The van der Waals surface area contributed by atoms with Gasteiger partial charge in [0.05, 0.1) is 18.4 Å². The summed E-state index contributed by atoms with van der Waals surface area (Å²) in [4.78, 5) is 14.5. The summed E-state index contributed by atoms with van der Waals surface area (Å²) in [6.45, 7) is 3.54. The topological polar surface area (TPSA) is 39.2 Å². The number of carbonyl (C=O) groups is 1. The van der Waals surface area contributed by atoms with Crippen LogP contribution in [0.4, 0.5) is 0 Å². The Morgan fingerprint density at radius 3 is 2.92 bits per heavy atom. The molecule has 0 saturated heterocycles. The maximum absolute atomic E-state index is 10.6. The molecule has 0 N–H and O–H groups in total. The lowest BCUT2D eigenvalue weighted by Gasteiger charge is -2.03. The third-order valence-electron chi connectivity index (χ3n) is 1.51. The Bertz CT molecular complexity index is 307. The molecule has 0 fully saturated rings. The molecule has 1 rings (SSSR count). The molecule has 1 aromatic rings. The first-order valence-corrected chi connectivity index (χ1v) is 3.44. The molecule has 0 aromatic carbocycles. The molecule has 0 saturated carbocycles. The van der Waals surface area contributed by atoms with Crippen LogP contribution in [-0.4, -0.2) is 18.4 Å². The van der Waals surface area contributed by atoms with E-state index in [1.54, 1.807) is 12.3 Å². The van der Waals surface area contributed by atoms with Crippen molar-refractivity contribution in [3.63, 3.8) is 0 Å². The number of hydrogen-bond acceptors (Lipinski definition) is 3. The summed E-state index contributed by atoms with van der Waals surface area (Å²) in [5, 5.41) is 0. The van der Waals surface area contributed by atoms with Crippen molar-refractivity contribution in [2.75, 3.05) is 7.11 Å². The number of nitrogens with zero attached hydrogens (tertiary/aromatic N) is 1. The number of ether oxygens (including phenoxy) is 1. The highest BCUT2D eigenvalue weighted by atomic mass is 16.5. The van der Waals surface area contributed by atoms with Crippen molar-refractivity contribution < 1.29 is 9.53 Å². The van der Waals surface area contributed by atoms with Gasteiger partial charge in [0.15, 0.2) is 6.29 Å². The second-order valence-electron chi connectivity index (χ2n) is 2.13. The number of aromatic nitrogens is 1. The highest BCUT2D eigenvalue weighted by molar-refractivity contribution is 5.84. The van der Waals surface area contributed by atoms with E-state index in [2.05, 4.69) is 11.6 Å². The molecular weight excluding hydrogens is 154 g/mol. The third-order valence-corrected chi connectivity index (χ3v) is 1.51. The summed E-state index contributed by atoms with van der Waals surface area (Å²) in [5.74, 6) is 0.523. The van der Waals surface area contributed by atoms with Gasteiger partial charge in [0.25, 0.3) is 0 Å². The van der Waals surface area contributed by atoms with Crippen LogP contribution in [0.2, 0.25) is 0 Å². The predicted molar refractivity (Wildman–Crippen MR) is 46.3 cm³/mol. The monoisotopic (exact) mass is 163 g/mol. The standard InChI is InChI=1S/C9H9NO2/c1-3-8-7(6-11)9(12-2)4-5-10-8/h3-6H,1H2,2H3. The largest absolute Gasteiger partial charge is 0.496 e. The lowest BCUT2D eigenvalue weighted by atomic mass is 10.2. The van der Waals surface area contributed by atoms with Gasteiger partial charge in [-0.1, -0.05) is 6.58 Å². The van der Waals surface area contributed by atoms with Crippen molar-refractivity contribution in [1.82, 2.24) is 4.98 Å². The Labute approximate surface area is 70.7 Å². The van der Waals surface area contributed by atoms with E-state index in [0.29, 0.717) is 23.3 Å². The van der Waals surface area contributed by atoms with Gasteiger partial charge in [0.1, 0.15) is 5.75 Å². The molecule has 0 aliphatic rings. The van der Waals surface area contributed by atoms with Gasteiger partial charge in [-0.2, -0.15) is 0 Å². The second-order valence-corrected chi connectivity index (χ2v) is 2.13. The molecule has 0 aliphatic carbocycles. The summed E-state index contributed by atoms with van der Waals surface area (Å²) in [6.07, 6.45) is 3.80. The quantitative estimate of drug-likeness (QED) is 0.634. The van der Waals surface area contributed by atoms with Gasteiger partial charge in [0.2, 0.25) is 0 Å². The third kappa shape index (κ3) is 1.34. The Morgan fingerprint density at radius 2 is 2.42 bits per heavy atom. The molecule has 1 aromatic heterocycles. The molecule has 0 bridgehead atoms. The number of hydrogen-bond donors (Lipinski definition) is 0. The molecular formula is C9H9NO2. The molecule has 0 radical (unpaired) electrons. The van der Waals surface area contributed by atoms with Crippen LogP contribution in [0.25, 0.3) is 6.08 Å². The molecule has 1 heterocycles. The van der Waals surface area contributed by atoms with Crippen LogP contribution in [0.15, 0.2) is 18.8 Å². The second kappa shape index (κ2) is 3.67. The van der Waals surface area contributed by atoms with Crippen LogP contribution >= 0.6 is 0 Å². The van der Waals surface area contributed by atoms with E-state index < -0.39 is 0 Å². The maximum atomic E-state index is 10.6. The van der Waals surface area contributed by atoms with Crippen LogP contribution in [0.1, 0.15) is 16.1 Å². The molecule has 3 nitrogen and oxygen atoms in total. The van der Waals surface area contributed by atoms with Crippen molar-refractivity contribution in [2.24, 2.45) is 0 Å². The number of methoxy groups -OCH3 is 1. The van der Waals surface area contributed by atoms with E-state index in [1.807, 2.05) is 0 Å². The fourth-order valence-electron chi connectivity index (χ4n) is 0.930. The van der Waals surface area contributed by atoms with Crippen molar-refractivity contribution in [3.8, 4) is 5.75 Å². The summed E-state index contributed by atoms with van der Waals surface area (Å²) >= 11 is 0. The lowest BCUT2D eigenvalue weighted by Crippen LogP contribution is -1.95. The zero-order chi connectivity index (χ0) is 8.97. The fraction of sp³-hybridized carbons (Fsp3) is 0.111. The van der Waals surface area contributed by atoms with Crippen molar-refractivity contribution >= 4 is 12.4 Å². The minimum atomic E-state index is 0.440. The van der Waals surface area contributed by atoms with E-state index in [9.17, 15) is 4.79 Å². The van der Waals surface area contributed by atoms with Gasteiger partial charge < -0.3 is 4.74 Å². The first-order valence-electron chi connectivity index (χ1n) is 3.44. The molecule has 0 spiro atoms. The highest BCUT2D eigenvalue weighted by Crippen LogP contribution is 2.18. The smallest absolute Gasteiger partial charge is 0.155 e. The normalized spacial score (nSPS) is 9.08. The molecule has 0 atom stereocenters. The predicted octanol–water partition coefficient (Wildman–Crippen LogP) is 1.55. The summed E-state index contributed by atoms with van der Waals surface area (Å²) in [5.41, 5.74) is 0.986. The van der Waals surface area contributed by atoms with Crippen molar-refractivity contribution in [3.05, 3.63) is 30.1 Å². The first-order chi connectivity index (χ1) is 5.83. The fourth-order valence-corrected chi connectivity index (χ4v) is 0.930. The van der Waals surface area contributed by atoms with Gasteiger partial charge in [-0.15, -0.1) is 0 Å². The number of aldehydes is 1. The number of carbonyl (C=O) groups excluding carboxylic acids is 1. The summed E-state index contributed by atoms with van der Waals surface area (Å²) in [6, 6.07) is 1.64. The molecule has 62 valence electrons. The maximum Gasteiger partial charge on any atom is 0.155 e. The minimum absolute atomic E-state index is 0.440. The first kappa shape index (κ1) is 8.46. The zero-order valence-corrected chi connectivity index (χ0v) is 6.78. The Morgan fingerprint density at radius 1 is 1.67 bits per heavy atom. The number of pyridine rings is 1. The van der Waals surface area contributed by atoms with Gasteiger partial charge in [0, 0.05) is 6.20 Å². The van der Waals surface area contributed by atoms with Crippen LogP contribution < -0.4 is 4.74 Å². The highest BCUT2D eigenvalue weighted by Gasteiger charge is 2.05. The SMILES string of the molecule is C=Cc1nccc(OC)c1C=O. The van der Waals surface area contributed by atoms with Gasteiger partial charge in [-0.3, -0.25) is 9.78 Å². The average Bonchev–Trinajstić information content (AvgIpc) is 2.16. The van der Waals surface area contributed by atoms with Crippen LogP contribution in [0.5, 0.6) is 5.75 Å². The zero-order valence-electron chi connectivity index (χ0n) is 6.78. The number of rotatable bonds is 3. The average molecular weight is 163 g/mol. The van der Waals surface area contributed by atoms with Crippen LogP contribution in [0.3, 0.4) is 0 Å². The Kier molecular flexibility index (Phi) is 2.58. The van der Waals surface area contributed by atoms with Crippen molar-refractivity contribution in [2.45, 2.75) is 0 Å². The molecule has 3 heteroatoms. The van der Waals surface area contributed by atoms with E-state index in [4.69, 9.17) is 4.74 Å². The molecule has 0 amide bonds. The lowest BCUT2D eigenvalue weighted by molar-refractivity contribution is 0.112. The van der Waals surface area contributed by atoms with Gasteiger partial charge in [-0.05, 0) is 12.1 Å². The van der Waals surface area contributed by atoms with E-state index in [-0.39, 0.29) is 0 Å². The molecule has 12 heavy (non-hydrogen) atoms. The van der Waals surface area contributed by atoms with Crippen LogP contribution in [-0.2, 0) is 0 Å². The Hall–Kier alpha value is -1.64. The van der Waals surface area contributed by atoms with Crippen molar-refractivity contribution in [1.29, 1.82) is 0 Å². The van der Waals surface area contributed by atoms with Gasteiger partial charge in [-0.25, -0.2) is 0 Å². The molecule has 0 aliphatic heterocycles. The van der Waals surface area contributed by atoms with Gasteiger partial charge >= 0.3 is 0 Å². The molecule has 0 unspecified atom stereocenters.